The zero-order valence-corrected chi connectivity index (χ0v) is 18.6. The number of likely N-dealkylation sites (tertiary alicyclic amines) is 1. The summed E-state index contributed by atoms with van der Waals surface area (Å²) in [7, 11) is 0. The van der Waals surface area contributed by atoms with Crippen LogP contribution in [0.2, 0.25) is 0 Å². The number of amides is 1. The molecule has 1 N–H and O–H groups in total. The predicted molar refractivity (Wildman–Crippen MR) is 125 cm³/mol. The van der Waals surface area contributed by atoms with Crippen molar-refractivity contribution in [3.63, 3.8) is 0 Å². The normalized spacial score (nSPS) is 15.2. The molecular formula is C25H27BrN2O2. The molecule has 3 aromatic carbocycles. The van der Waals surface area contributed by atoms with Gasteiger partial charge in [0.2, 0.25) is 5.91 Å². The molecule has 1 aliphatic heterocycles. The molecule has 156 valence electrons. The van der Waals surface area contributed by atoms with E-state index in [1.807, 2.05) is 24.3 Å². The van der Waals surface area contributed by atoms with Gasteiger partial charge in [0.1, 0.15) is 12.4 Å². The van der Waals surface area contributed by atoms with Crippen LogP contribution in [0.4, 0.5) is 0 Å². The Hall–Kier alpha value is -2.37. The average molecular weight is 467 g/mol. The number of rotatable bonds is 7. The van der Waals surface area contributed by atoms with Crippen molar-refractivity contribution < 1.29 is 9.53 Å². The van der Waals surface area contributed by atoms with E-state index in [4.69, 9.17) is 4.74 Å². The maximum absolute atomic E-state index is 12.5. The lowest BCUT2D eigenvalue weighted by Crippen LogP contribution is -2.41. The van der Waals surface area contributed by atoms with Crippen molar-refractivity contribution >= 4 is 32.6 Å². The number of hydrogen-bond acceptors (Lipinski definition) is 3. The lowest BCUT2D eigenvalue weighted by Gasteiger charge is -2.31. The summed E-state index contributed by atoms with van der Waals surface area (Å²) >= 11 is 3.48. The van der Waals surface area contributed by atoms with E-state index < -0.39 is 0 Å². The van der Waals surface area contributed by atoms with E-state index in [1.165, 1.54) is 10.9 Å². The van der Waals surface area contributed by atoms with Gasteiger partial charge in [-0.2, -0.15) is 0 Å². The zero-order chi connectivity index (χ0) is 20.8. The highest BCUT2D eigenvalue weighted by molar-refractivity contribution is 9.10. The molecule has 3 aromatic rings. The number of benzene rings is 3. The van der Waals surface area contributed by atoms with Crippen LogP contribution in [0.1, 0.15) is 18.4 Å². The molecule has 1 aliphatic rings. The molecule has 0 atom stereocenters. The lowest BCUT2D eigenvalue weighted by molar-refractivity contribution is -0.126. The zero-order valence-electron chi connectivity index (χ0n) is 17.0. The van der Waals surface area contributed by atoms with Crippen LogP contribution in [0.25, 0.3) is 10.8 Å². The van der Waals surface area contributed by atoms with Crippen LogP contribution in [0.15, 0.2) is 71.2 Å². The number of piperidine rings is 1. The highest BCUT2D eigenvalue weighted by atomic mass is 79.9. The number of fused-ring (bicyclic) bond motifs is 1. The average Bonchev–Trinajstić information content (AvgIpc) is 2.78. The van der Waals surface area contributed by atoms with Crippen LogP contribution in [0.3, 0.4) is 0 Å². The van der Waals surface area contributed by atoms with E-state index in [0.717, 1.165) is 48.1 Å². The Bertz CT molecular complexity index is 982. The predicted octanol–water partition coefficient (Wildman–Crippen LogP) is 5.01. The van der Waals surface area contributed by atoms with E-state index in [9.17, 15) is 4.79 Å². The van der Waals surface area contributed by atoms with Crippen molar-refractivity contribution in [2.45, 2.75) is 19.4 Å². The second-order valence-electron chi connectivity index (χ2n) is 7.83. The molecule has 0 unspecified atom stereocenters. The molecule has 0 radical (unpaired) electrons. The molecule has 4 nitrogen and oxygen atoms in total. The molecule has 1 saturated heterocycles. The molecule has 5 heteroatoms. The third kappa shape index (κ3) is 5.61. The van der Waals surface area contributed by atoms with Crippen molar-refractivity contribution in [2.75, 3.05) is 26.2 Å². The summed E-state index contributed by atoms with van der Waals surface area (Å²) in [5.41, 5.74) is 1.31. The number of hydrogen-bond donors (Lipinski definition) is 1. The van der Waals surface area contributed by atoms with Gasteiger partial charge in [0.25, 0.3) is 0 Å². The first-order valence-corrected chi connectivity index (χ1v) is 11.3. The highest BCUT2D eigenvalue weighted by Crippen LogP contribution is 2.21. The van der Waals surface area contributed by atoms with E-state index in [1.54, 1.807) is 0 Å². The van der Waals surface area contributed by atoms with Crippen LogP contribution in [0.5, 0.6) is 5.75 Å². The topological polar surface area (TPSA) is 41.6 Å². The fourth-order valence-corrected chi connectivity index (χ4v) is 4.21. The van der Waals surface area contributed by atoms with Gasteiger partial charge in [-0.3, -0.25) is 9.69 Å². The fraction of sp³-hybridized carbons (Fsp3) is 0.320. The van der Waals surface area contributed by atoms with Gasteiger partial charge in [-0.25, -0.2) is 0 Å². The van der Waals surface area contributed by atoms with E-state index in [2.05, 4.69) is 68.6 Å². The molecule has 0 aromatic heterocycles. The Morgan fingerprint density at radius 3 is 2.50 bits per heavy atom. The Morgan fingerprint density at radius 2 is 1.73 bits per heavy atom. The molecule has 0 bridgehead atoms. The Balaban J connectivity index is 1.16. The number of halogens is 1. The number of nitrogens with one attached hydrogen (secondary N) is 1. The Kier molecular flexibility index (Phi) is 7.03. The molecule has 1 heterocycles. The molecule has 4 rings (SSSR count). The van der Waals surface area contributed by atoms with Crippen LogP contribution in [-0.2, 0) is 11.3 Å². The quantitative estimate of drug-likeness (QED) is 0.497. The van der Waals surface area contributed by atoms with E-state index >= 15 is 0 Å². The monoisotopic (exact) mass is 466 g/mol. The first kappa shape index (κ1) is 20.9. The molecule has 0 saturated carbocycles. The Morgan fingerprint density at radius 1 is 1.00 bits per heavy atom. The summed E-state index contributed by atoms with van der Waals surface area (Å²) in [5.74, 6) is 1.09. The van der Waals surface area contributed by atoms with Gasteiger partial charge in [0.05, 0.1) is 6.54 Å². The summed E-state index contributed by atoms with van der Waals surface area (Å²) in [6.45, 7) is 3.88. The first-order chi connectivity index (χ1) is 14.7. The van der Waals surface area contributed by atoms with Crippen molar-refractivity contribution in [3.8, 4) is 5.75 Å². The van der Waals surface area contributed by atoms with Crippen molar-refractivity contribution in [1.29, 1.82) is 0 Å². The number of ether oxygens (including phenoxy) is 1. The number of carbonyl (C=O) groups is 1. The van der Waals surface area contributed by atoms with Gasteiger partial charge in [-0.15, -0.1) is 0 Å². The standard InChI is InChI=1S/C25H27BrN2O2/c26-23-8-5-19(6-9-23)18-28-14-11-21(12-15-28)25(29)27-13-16-30-24-10-7-20-3-1-2-4-22(20)17-24/h1-10,17,21H,11-16,18H2,(H,27,29). The van der Waals surface area contributed by atoms with Crippen LogP contribution >= 0.6 is 15.9 Å². The van der Waals surface area contributed by atoms with Crippen molar-refractivity contribution in [2.24, 2.45) is 5.92 Å². The van der Waals surface area contributed by atoms with Gasteiger partial charge in [0, 0.05) is 16.9 Å². The second-order valence-corrected chi connectivity index (χ2v) is 8.74. The van der Waals surface area contributed by atoms with Crippen LogP contribution < -0.4 is 10.1 Å². The van der Waals surface area contributed by atoms with Crippen molar-refractivity contribution in [1.82, 2.24) is 10.2 Å². The molecule has 30 heavy (non-hydrogen) atoms. The SMILES string of the molecule is O=C(NCCOc1ccc2ccccc2c1)C1CCN(Cc2ccc(Br)cc2)CC1. The minimum Gasteiger partial charge on any atom is -0.492 e. The van der Waals surface area contributed by atoms with Crippen LogP contribution in [0, 0.1) is 5.92 Å². The maximum Gasteiger partial charge on any atom is 0.223 e. The number of nitrogens with zero attached hydrogens (tertiary/aromatic N) is 1. The molecule has 0 aliphatic carbocycles. The van der Waals surface area contributed by atoms with Gasteiger partial charge in [-0.1, -0.05) is 58.4 Å². The van der Waals surface area contributed by atoms with Gasteiger partial charge < -0.3 is 10.1 Å². The molecular weight excluding hydrogens is 440 g/mol. The van der Waals surface area contributed by atoms with Gasteiger partial charge in [-0.05, 0) is 66.5 Å². The number of carbonyl (C=O) groups excluding carboxylic acids is 1. The maximum atomic E-state index is 12.5. The summed E-state index contributed by atoms with van der Waals surface area (Å²) in [6.07, 6.45) is 1.82. The van der Waals surface area contributed by atoms with Crippen molar-refractivity contribution in [3.05, 3.63) is 76.8 Å². The molecule has 1 fully saturated rings. The van der Waals surface area contributed by atoms with E-state index in [0.29, 0.717) is 13.2 Å². The second kappa shape index (κ2) is 10.1. The summed E-state index contributed by atoms with van der Waals surface area (Å²) < 4.78 is 6.92. The smallest absolute Gasteiger partial charge is 0.223 e. The molecule has 0 spiro atoms. The van der Waals surface area contributed by atoms with Crippen LogP contribution in [-0.4, -0.2) is 37.0 Å². The largest absolute Gasteiger partial charge is 0.492 e. The van der Waals surface area contributed by atoms with E-state index in [-0.39, 0.29) is 11.8 Å². The third-order valence-corrected chi connectivity index (χ3v) is 6.20. The Labute approximate surface area is 186 Å². The minimum atomic E-state index is 0.104. The summed E-state index contributed by atoms with van der Waals surface area (Å²) in [4.78, 5) is 14.9. The summed E-state index contributed by atoms with van der Waals surface area (Å²) in [5, 5.41) is 5.40. The molecule has 1 amide bonds. The highest BCUT2D eigenvalue weighted by Gasteiger charge is 2.24. The lowest BCUT2D eigenvalue weighted by atomic mass is 9.95. The van der Waals surface area contributed by atoms with Gasteiger partial charge >= 0.3 is 0 Å². The third-order valence-electron chi connectivity index (χ3n) is 5.67. The minimum absolute atomic E-state index is 0.104. The van der Waals surface area contributed by atoms with Gasteiger partial charge in [0.15, 0.2) is 0 Å². The summed E-state index contributed by atoms with van der Waals surface area (Å²) in [6, 6.07) is 22.8. The fourth-order valence-electron chi connectivity index (χ4n) is 3.95. The first-order valence-electron chi connectivity index (χ1n) is 10.5.